The van der Waals surface area contributed by atoms with Crippen LogP contribution in [-0.2, 0) is 14.3 Å². The van der Waals surface area contributed by atoms with Crippen molar-refractivity contribution in [2.24, 2.45) is 0 Å². The maximum absolute atomic E-state index is 12.6. The van der Waals surface area contributed by atoms with Gasteiger partial charge in [0, 0.05) is 18.3 Å². The molecule has 0 saturated heterocycles. The number of benzene rings is 2. The molecular formula is C20H21N3O6. The Balaban J connectivity index is 2.20. The molecule has 0 aliphatic heterocycles. The highest BCUT2D eigenvalue weighted by Gasteiger charge is 2.27. The number of hydrogen-bond acceptors (Lipinski definition) is 6. The van der Waals surface area contributed by atoms with Crippen LogP contribution in [0.25, 0.3) is 0 Å². The molecule has 1 atom stereocenters. The summed E-state index contributed by atoms with van der Waals surface area (Å²) in [6, 6.07) is 13.5. The minimum absolute atomic E-state index is 0.105. The molecule has 9 nitrogen and oxygen atoms in total. The van der Waals surface area contributed by atoms with Gasteiger partial charge in [-0.05, 0) is 25.1 Å². The van der Waals surface area contributed by atoms with Crippen molar-refractivity contribution in [1.82, 2.24) is 10.6 Å². The highest BCUT2D eigenvalue weighted by atomic mass is 16.6. The minimum atomic E-state index is -1.34. The molecule has 2 rings (SSSR count). The van der Waals surface area contributed by atoms with E-state index in [0.717, 1.165) is 0 Å². The second-order valence-corrected chi connectivity index (χ2v) is 5.69. The van der Waals surface area contributed by atoms with Gasteiger partial charge in [0.15, 0.2) is 0 Å². The zero-order chi connectivity index (χ0) is 21.2. The lowest BCUT2D eigenvalue weighted by molar-refractivity contribution is -0.129. The normalized spacial score (nSPS) is 11.0. The summed E-state index contributed by atoms with van der Waals surface area (Å²) in [6.07, 6.45) is -2.01. The monoisotopic (exact) mass is 399 g/mol. The fourth-order valence-corrected chi connectivity index (χ4v) is 2.32. The van der Waals surface area contributed by atoms with Crippen molar-refractivity contribution < 1.29 is 28.7 Å². The molecular weight excluding hydrogens is 378 g/mol. The van der Waals surface area contributed by atoms with Gasteiger partial charge >= 0.3 is 18.1 Å². The van der Waals surface area contributed by atoms with Crippen molar-refractivity contribution in [3.8, 4) is 0 Å². The summed E-state index contributed by atoms with van der Waals surface area (Å²) in [5, 5.41) is 6.83. The lowest BCUT2D eigenvalue weighted by atomic mass is 10.1. The third-order valence-electron chi connectivity index (χ3n) is 3.65. The number of esters is 1. The molecule has 3 N–H and O–H groups in total. The van der Waals surface area contributed by atoms with E-state index < -0.39 is 30.1 Å². The lowest BCUT2D eigenvalue weighted by Crippen LogP contribution is -2.41. The Hall–Kier alpha value is -3.88. The van der Waals surface area contributed by atoms with E-state index in [4.69, 9.17) is 9.47 Å². The van der Waals surface area contributed by atoms with E-state index in [-0.39, 0.29) is 12.2 Å². The number of amides is 4. The molecule has 0 saturated carbocycles. The van der Waals surface area contributed by atoms with Gasteiger partial charge < -0.3 is 14.8 Å². The second-order valence-electron chi connectivity index (χ2n) is 5.69. The number of nitrogens with one attached hydrogen (secondary N) is 3. The molecule has 0 spiro atoms. The quantitative estimate of drug-likeness (QED) is 0.642. The minimum Gasteiger partial charge on any atom is -0.450 e. The van der Waals surface area contributed by atoms with Crippen molar-refractivity contribution >= 4 is 29.7 Å². The van der Waals surface area contributed by atoms with E-state index >= 15 is 0 Å². The van der Waals surface area contributed by atoms with Crippen molar-refractivity contribution in [1.29, 1.82) is 0 Å². The van der Waals surface area contributed by atoms with Crippen molar-refractivity contribution in [3.05, 3.63) is 65.7 Å². The Morgan fingerprint density at radius 2 is 1.72 bits per heavy atom. The zero-order valence-corrected chi connectivity index (χ0v) is 15.9. The summed E-state index contributed by atoms with van der Waals surface area (Å²) >= 11 is 0. The first-order valence-electron chi connectivity index (χ1n) is 8.77. The van der Waals surface area contributed by atoms with Crippen molar-refractivity contribution in [2.45, 2.75) is 13.0 Å². The van der Waals surface area contributed by atoms with Crippen LogP contribution in [0.15, 0.2) is 54.6 Å². The van der Waals surface area contributed by atoms with E-state index in [1.54, 1.807) is 49.4 Å². The smallest absolute Gasteiger partial charge is 0.411 e. The summed E-state index contributed by atoms with van der Waals surface area (Å²) in [5.74, 6) is -1.61. The molecule has 2 aromatic carbocycles. The Morgan fingerprint density at radius 3 is 2.38 bits per heavy atom. The fraction of sp³-hybridized carbons (Fsp3) is 0.200. The van der Waals surface area contributed by atoms with Crippen LogP contribution >= 0.6 is 0 Å². The fourth-order valence-electron chi connectivity index (χ4n) is 2.32. The highest BCUT2D eigenvalue weighted by molar-refractivity contribution is 5.99. The number of hydrogen-bond donors (Lipinski definition) is 3. The van der Waals surface area contributed by atoms with Crippen LogP contribution in [0.1, 0.15) is 28.9 Å². The molecule has 0 fully saturated rings. The summed E-state index contributed by atoms with van der Waals surface area (Å²) in [5.41, 5.74) is 0.819. The predicted molar refractivity (Wildman–Crippen MR) is 104 cm³/mol. The molecule has 2 aromatic rings. The van der Waals surface area contributed by atoms with Crippen LogP contribution < -0.4 is 16.0 Å². The third kappa shape index (κ3) is 6.35. The zero-order valence-electron chi connectivity index (χ0n) is 15.9. The molecule has 0 bridgehead atoms. The van der Waals surface area contributed by atoms with E-state index in [0.29, 0.717) is 11.3 Å². The topological polar surface area (TPSA) is 123 Å². The van der Waals surface area contributed by atoms with Crippen LogP contribution in [0.2, 0.25) is 0 Å². The summed E-state index contributed by atoms with van der Waals surface area (Å²) in [4.78, 5) is 48.1. The maximum Gasteiger partial charge on any atom is 0.411 e. The summed E-state index contributed by atoms with van der Waals surface area (Å²) < 4.78 is 10.2. The highest BCUT2D eigenvalue weighted by Crippen LogP contribution is 2.21. The molecule has 9 heteroatoms. The van der Waals surface area contributed by atoms with Crippen LogP contribution in [0.5, 0.6) is 0 Å². The molecule has 29 heavy (non-hydrogen) atoms. The van der Waals surface area contributed by atoms with Gasteiger partial charge in [-0.3, -0.25) is 15.4 Å². The predicted octanol–water partition coefficient (Wildman–Crippen LogP) is 2.61. The molecule has 4 amide bonds. The van der Waals surface area contributed by atoms with Gasteiger partial charge in [-0.25, -0.2) is 14.4 Å². The maximum atomic E-state index is 12.6. The van der Waals surface area contributed by atoms with Crippen LogP contribution in [0.4, 0.5) is 15.3 Å². The Labute approximate surface area is 167 Å². The average molecular weight is 399 g/mol. The second kappa shape index (κ2) is 10.5. The first-order chi connectivity index (χ1) is 13.9. The molecule has 0 radical (unpaired) electrons. The first-order valence-corrected chi connectivity index (χ1v) is 8.77. The van der Waals surface area contributed by atoms with E-state index in [2.05, 4.69) is 16.0 Å². The number of urea groups is 1. The summed E-state index contributed by atoms with van der Waals surface area (Å²) in [6.45, 7) is 1.87. The van der Waals surface area contributed by atoms with Gasteiger partial charge in [0.2, 0.25) is 6.10 Å². The van der Waals surface area contributed by atoms with E-state index in [1.807, 2.05) is 0 Å². The number of ether oxygens (including phenoxy) is 2. The number of imide groups is 1. The lowest BCUT2D eigenvalue weighted by Gasteiger charge is -2.17. The molecule has 1 unspecified atom stereocenters. The summed E-state index contributed by atoms with van der Waals surface area (Å²) in [7, 11) is 1.36. The Kier molecular flexibility index (Phi) is 7.72. The number of rotatable bonds is 6. The average Bonchev–Trinajstić information content (AvgIpc) is 2.72. The van der Waals surface area contributed by atoms with Gasteiger partial charge in [0.1, 0.15) is 0 Å². The number of anilines is 1. The molecule has 0 aliphatic carbocycles. The van der Waals surface area contributed by atoms with E-state index in [9.17, 15) is 19.2 Å². The van der Waals surface area contributed by atoms with Gasteiger partial charge in [-0.2, -0.15) is 0 Å². The largest absolute Gasteiger partial charge is 0.450 e. The van der Waals surface area contributed by atoms with Gasteiger partial charge in [-0.15, -0.1) is 0 Å². The van der Waals surface area contributed by atoms with E-state index in [1.165, 1.54) is 19.2 Å². The molecule has 0 aromatic heterocycles. The molecule has 0 heterocycles. The number of carbonyl (C=O) groups is 4. The van der Waals surface area contributed by atoms with Crippen molar-refractivity contribution in [2.75, 3.05) is 19.0 Å². The van der Waals surface area contributed by atoms with Gasteiger partial charge in [-0.1, -0.05) is 36.4 Å². The van der Waals surface area contributed by atoms with Crippen LogP contribution in [0.3, 0.4) is 0 Å². The standard InChI is InChI=1S/C20H21N3O6/c1-3-28-20(27)22-15-11-7-10-14(12-15)18(25)29-16(13-8-5-4-6-9-13)17(24)23-19(26)21-2/h4-12,16H,3H2,1-2H3,(H,22,27)(H2,21,23,24,26). The third-order valence-corrected chi connectivity index (χ3v) is 3.65. The van der Waals surface area contributed by atoms with Crippen LogP contribution in [0, 0.1) is 0 Å². The van der Waals surface area contributed by atoms with Gasteiger partial charge in [0.25, 0.3) is 5.91 Å². The molecule has 152 valence electrons. The Bertz CT molecular complexity index is 885. The Morgan fingerprint density at radius 1 is 1.00 bits per heavy atom. The first kappa shape index (κ1) is 21.4. The molecule has 0 aliphatic rings. The SMILES string of the molecule is CCOC(=O)Nc1cccc(C(=O)OC(C(=O)NC(=O)NC)c2ccccc2)c1. The van der Waals surface area contributed by atoms with Gasteiger partial charge in [0.05, 0.1) is 12.2 Å². The van der Waals surface area contributed by atoms with Crippen LogP contribution in [-0.4, -0.2) is 37.7 Å². The number of carbonyl (C=O) groups excluding carboxylic acids is 4. The van der Waals surface area contributed by atoms with Crippen molar-refractivity contribution in [3.63, 3.8) is 0 Å².